The topological polar surface area (TPSA) is 92.7 Å². The number of piperidine rings is 1. The van der Waals surface area contributed by atoms with Crippen molar-refractivity contribution in [2.24, 2.45) is 5.92 Å². The number of nitrogens with zero attached hydrogens (tertiary/aromatic N) is 4. The molecule has 8 heteroatoms. The Morgan fingerprint density at radius 3 is 2.61 bits per heavy atom. The van der Waals surface area contributed by atoms with Gasteiger partial charge in [-0.3, -0.25) is 19.4 Å². The smallest absolute Gasteiger partial charge is 0.310 e. The van der Waals surface area contributed by atoms with Crippen molar-refractivity contribution in [1.29, 1.82) is 0 Å². The van der Waals surface area contributed by atoms with Crippen LogP contribution in [-0.4, -0.2) is 70.3 Å². The monoisotopic (exact) mass is 452 g/mol. The van der Waals surface area contributed by atoms with E-state index in [1.54, 1.807) is 22.9 Å². The third-order valence-corrected chi connectivity index (χ3v) is 5.79. The third-order valence-electron chi connectivity index (χ3n) is 5.79. The molecule has 0 N–H and O–H groups in total. The maximum Gasteiger partial charge on any atom is 0.310 e. The number of aryl methyl sites for hydroxylation is 1. The van der Waals surface area contributed by atoms with Crippen LogP contribution in [0.1, 0.15) is 47.9 Å². The lowest BCUT2D eigenvalue weighted by atomic mass is 9.98. The fourth-order valence-corrected chi connectivity index (χ4v) is 3.93. The predicted octanol–water partition coefficient (Wildman–Crippen LogP) is 2.66. The number of ether oxygens (including phenoxy) is 1. The summed E-state index contributed by atoms with van der Waals surface area (Å²) in [5, 5.41) is 0. The van der Waals surface area contributed by atoms with E-state index in [0.717, 1.165) is 24.1 Å². The Hall–Kier alpha value is -3.29. The number of likely N-dealkylation sites (tertiary alicyclic amines) is 1. The first-order valence-corrected chi connectivity index (χ1v) is 11.5. The van der Waals surface area contributed by atoms with Crippen LogP contribution in [0.25, 0.3) is 0 Å². The zero-order valence-corrected chi connectivity index (χ0v) is 19.4. The molecule has 1 saturated heterocycles. The highest BCUT2D eigenvalue weighted by atomic mass is 16.5. The highest BCUT2D eigenvalue weighted by Crippen LogP contribution is 2.19. The summed E-state index contributed by atoms with van der Waals surface area (Å²) < 4.78 is 5.13. The zero-order chi connectivity index (χ0) is 23.6. The second kappa shape index (κ2) is 12.1. The SMILES string of the molecule is CCOC(=O)C1CCCN(C(=O)CCN(CCc2ccccc2)C(=O)c2cnc(C)cn2)C1. The molecule has 0 spiro atoms. The molecule has 1 aliphatic heterocycles. The summed E-state index contributed by atoms with van der Waals surface area (Å²) in [6, 6.07) is 9.92. The lowest BCUT2D eigenvalue weighted by Crippen LogP contribution is -2.44. The molecule has 33 heavy (non-hydrogen) atoms. The number of hydrogen-bond acceptors (Lipinski definition) is 6. The fraction of sp³-hybridized carbons (Fsp3) is 0.480. The van der Waals surface area contributed by atoms with Crippen molar-refractivity contribution in [3.8, 4) is 0 Å². The number of esters is 1. The van der Waals surface area contributed by atoms with Crippen LogP contribution in [-0.2, 0) is 20.7 Å². The van der Waals surface area contributed by atoms with Gasteiger partial charge in [0.25, 0.3) is 5.91 Å². The number of carbonyl (C=O) groups excluding carboxylic acids is 3. The van der Waals surface area contributed by atoms with Gasteiger partial charge in [0.1, 0.15) is 5.69 Å². The standard InChI is InChI=1S/C25H32N4O4/c1-3-33-25(32)21-10-7-13-29(18-21)23(30)12-15-28(14-11-20-8-5-4-6-9-20)24(31)22-17-26-19(2)16-27-22/h4-6,8-9,16-17,21H,3,7,10-15,18H2,1-2H3. The van der Waals surface area contributed by atoms with Crippen molar-refractivity contribution in [2.45, 2.75) is 39.5 Å². The van der Waals surface area contributed by atoms with E-state index >= 15 is 0 Å². The van der Waals surface area contributed by atoms with Crippen LogP contribution in [0.2, 0.25) is 0 Å². The van der Waals surface area contributed by atoms with Gasteiger partial charge in [0.15, 0.2) is 0 Å². The van der Waals surface area contributed by atoms with Gasteiger partial charge in [-0.25, -0.2) is 4.98 Å². The first-order valence-electron chi connectivity index (χ1n) is 11.5. The molecular weight excluding hydrogens is 420 g/mol. The van der Waals surface area contributed by atoms with Crippen molar-refractivity contribution in [1.82, 2.24) is 19.8 Å². The quantitative estimate of drug-likeness (QED) is 0.543. The van der Waals surface area contributed by atoms with Gasteiger partial charge in [0, 0.05) is 38.8 Å². The van der Waals surface area contributed by atoms with Crippen LogP contribution < -0.4 is 0 Å². The third kappa shape index (κ3) is 7.10. The Kier molecular flexibility index (Phi) is 8.92. The number of carbonyl (C=O) groups is 3. The van der Waals surface area contributed by atoms with Gasteiger partial charge < -0.3 is 14.5 Å². The Labute approximate surface area is 195 Å². The van der Waals surface area contributed by atoms with Gasteiger partial charge in [-0.2, -0.15) is 0 Å². The largest absolute Gasteiger partial charge is 0.466 e. The molecule has 1 aromatic carbocycles. The molecule has 0 radical (unpaired) electrons. The molecule has 0 saturated carbocycles. The van der Waals surface area contributed by atoms with Crippen LogP contribution in [0.3, 0.4) is 0 Å². The second-order valence-corrected chi connectivity index (χ2v) is 8.25. The van der Waals surface area contributed by atoms with Crippen molar-refractivity contribution in [3.63, 3.8) is 0 Å². The summed E-state index contributed by atoms with van der Waals surface area (Å²) in [4.78, 5) is 49.9. The number of aromatic nitrogens is 2. The molecule has 2 aromatic rings. The highest BCUT2D eigenvalue weighted by molar-refractivity contribution is 5.92. The van der Waals surface area contributed by atoms with Gasteiger partial charge in [-0.05, 0) is 38.7 Å². The summed E-state index contributed by atoms with van der Waals surface area (Å²) in [6.07, 6.45) is 5.41. The van der Waals surface area contributed by atoms with Crippen LogP contribution >= 0.6 is 0 Å². The van der Waals surface area contributed by atoms with Crippen LogP contribution in [0.4, 0.5) is 0 Å². The summed E-state index contributed by atoms with van der Waals surface area (Å²) in [5.41, 5.74) is 2.12. The highest BCUT2D eigenvalue weighted by Gasteiger charge is 2.29. The van der Waals surface area contributed by atoms with E-state index in [0.29, 0.717) is 32.7 Å². The van der Waals surface area contributed by atoms with E-state index in [9.17, 15) is 14.4 Å². The number of amides is 2. The minimum Gasteiger partial charge on any atom is -0.466 e. The van der Waals surface area contributed by atoms with Crippen molar-refractivity contribution in [3.05, 3.63) is 59.7 Å². The van der Waals surface area contributed by atoms with E-state index in [-0.39, 0.29) is 42.4 Å². The molecule has 1 atom stereocenters. The molecule has 1 fully saturated rings. The average Bonchev–Trinajstić information content (AvgIpc) is 2.85. The summed E-state index contributed by atoms with van der Waals surface area (Å²) >= 11 is 0. The van der Waals surface area contributed by atoms with Crippen molar-refractivity contribution in [2.75, 3.05) is 32.8 Å². The molecule has 2 heterocycles. The molecule has 176 valence electrons. The molecule has 8 nitrogen and oxygen atoms in total. The molecule has 2 amide bonds. The van der Waals surface area contributed by atoms with E-state index in [4.69, 9.17) is 4.74 Å². The van der Waals surface area contributed by atoms with Gasteiger partial charge in [-0.1, -0.05) is 30.3 Å². The zero-order valence-electron chi connectivity index (χ0n) is 19.4. The van der Waals surface area contributed by atoms with Crippen LogP contribution in [0, 0.1) is 12.8 Å². The van der Waals surface area contributed by atoms with E-state index < -0.39 is 0 Å². The van der Waals surface area contributed by atoms with Crippen molar-refractivity contribution >= 4 is 17.8 Å². The Bertz CT molecular complexity index is 933. The van der Waals surface area contributed by atoms with E-state index in [1.807, 2.05) is 37.3 Å². The van der Waals surface area contributed by atoms with E-state index in [1.165, 1.54) is 6.20 Å². The Balaban J connectivity index is 1.63. The Morgan fingerprint density at radius 2 is 1.91 bits per heavy atom. The molecule has 0 bridgehead atoms. The molecule has 3 rings (SSSR count). The minimum atomic E-state index is -0.277. The second-order valence-electron chi connectivity index (χ2n) is 8.25. The van der Waals surface area contributed by atoms with Crippen LogP contribution in [0.15, 0.2) is 42.7 Å². The number of rotatable bonds is 9. The number of hydrogen-bond donors (Lipinski definition) is 0. The summed E-state index contributed by atoms with van der Waals surface area (Å²) in [7, 11) is 0. The fourth-order valence-electron chi connectivity index (χ4n) is 3.93. The molecule has 1 unspecified atom stereocenters. The predicted molar refractivity (Wildman–Crippen MR) is 123 cm³/mol. The first kappa shape index (κ1) is 24.4. The molecule has 1 aliphatic rings. The lowest BCUT2D eigenvalue weighted by Gasteiger charge is -2.32. The maximum absolute atomic E-state index is 13.1. The van der Waals surface area contributed by atoms with Gasteiger partial charge in [0.2, 0.25) is 5.91 Å². The van der Waals surface area contributed by atoms with E-state index in [2.05, 4.69) is 9.97 Å². The molecule has 0 aliphatic carbocycles. The normalized spacial score (nSPS) is 15.7. The lowest BCUT2D eigenvalue weighted by molar-refractivity contribution is -0.151. The van der Waals surface area contributed by atoms with Crippen molar-refractivity contribution < 1.29 is 19.1 Å². The Morgan fingerprint density at radius 1 is 1.12 bits per heavy atom. The van der Waals surface area contributed by atoms with Gasteiger partial charge in [-0.15, -0.1) is 0 Å². The van der Waals surface area contributed by atoms with Gasteiger partial charge >= 0.3 is 5.97 Å². The first-order chi connectivity index (χ1) is 16.0. The summed E-state index contributed by atoms with van der Waals surface area (Å²) in [6.45, 7) is 5.68. The van der Waals surface area contributed by atoms with Crippen LogP contribution in [0.5, 0.6) is 0 Å². The minimum absolute atomic E-state index is 0.0588. The molecule has 1 aromatic heterocycles. The molecular formula is C25H32N4O4. The average molecular weight is 453 g/mol. The number of benzene rings is 1. The van der Waals surface area contributed by atoms with Gasteiger partial charge in [0.05, 0.1) is 24.4 Å². The maximum atomic E-state index is 13.1. The summed E-state index contributed by atoms with van der Waals surface area (Å²) in [5.74, 6) is -0.820.